The Balaban J connectivity index is 2.15. The molecule has 3 aromatic rings. The number of aromatic hydroxyl groups is 1. The van der Waals surface area contributed by atoms with E-state index in [1.807, 2.05) is 13.8 Å². The Hall–Kier alpha value is -2.50. The highest BCUT2D eigenvalue weighted by atomic mass is 35.5. The average molecular weight is 433 g/mol. The molecule has 0 saturated carbocycles. The lowest BCUT2D eigenvalue weighted by molar-refractivity contribution is -0.121. The number of nitrogens with zero attached hydrogens (tertiary/aromatic N) is 1. The molecule has 1 atom stereocenters. The molecule has 0 bridgehead atoms. The predicted octanol–water partition coefficient (Wildman–Crippen LogP) is 5.11. The average Bonchev–Trinajstić information content (AvgIpc) is 2.96. The summed E-state index contributed by atoms with van der Waals surface area (Å²) in [6.45, 7) is 5.69. The van der Waals surface area contributed by atoms with Crippen LogP contribution in [-0.4, -0.2) is 27.5 Å². The molecular weight excluding hydrogens is 411 g/mol. The van der Waals surface area contributed by atoms with Crippen molar-refractivity contribution in [2.24, 2.45) is 0 Å². The van der Waals surface area contributed by atoms with Crippen LogP contribution in [0.5, 0.6) is 5.75 Å². The van der Waals surface area contributed by atoms with E-state index in [1.54, 1.807) is 37.3 Å². The van der Waals surface area contributed by atoms with Crippen molar-refractivity contribution in [3.05, 3.63) is 63.3 Å². The number of phenols is 1. The molecule has 0 fully saturated rings. The second-order valence-electron chi connectivity index (χ2n) is 7.06. The minimum Gasteiger partial charge on any atom is -0.506 e. The van der Waals surface area contributed by atoms with Crippen molar-refractivity contribution < 1.29 is 14.7 Å². The SMILES string of the molecule is CCC(C)NC(=O)Cc1c(C)n(C(=O)c2ccc(Cl)cc2)c2ccc(O)c(Cl)c12. The number of rotatable bonds is 5. The molecule has 1 unspecified atom stereocenters. The number of hydrogen-bond donors (Lipinski definition) is 2. The molecule has 7 heteroatoms. The molecule has 0 aliphatic rings. The fraction of sp³-hybridized carbons (Fsp3) is 0.273. The lowest BCUT2D eigenvalue weighted by atomic mass is 10.1. The quantitative estimate of drug-likeness (QED) is 0.588. The van der Waals surface area contributed by atoms with E-state index in [2.05, 4.69) is 5.32 Å². The van der Waals surface area contributed by atoms with Gasteiger partial charge in [-0.05, 0) is 62.2 Å². The molecule has 5 nitrogen and oxygen atoms in total. The Bertz CT molecular complexity index is 1090. The zero-order valence-electron chi connectivity index (χ0n) is 16.4. The summed E-state index contributed by atoms with van der Waals surface area (Å²) in [6.07, 6.45) is 0.861. The van der Waals surface area contributed by atoms with Gasteiger partial charge in [-0.3, -0.25) is 14.2 Å². The summed E-state index contributed by atoms with van der Waals surface area (Å²) < 4.78 is 1.52. The molecule has 1 aromatic heterocycles. The van der Waals surface area contributed by atoms with Crippen molar-refractivity contribution in [2.45, 2.75) is 39.7 Å². The van der Waals surface area contributed by atoms with E-state index in [9.17, 15) is 14.7 Å². The number of aromatic nitrogens is 1. The van der Waals surface area contributed by atoms with Crippen molar-refractivity contribution in [2.75, 3.05) is 0 Å². The van der Waals surface area contributed by atoms with Gasteiger partial charge in [0, 0.05) is 27.7 Å². The van der Waals surface area contributed by atoms with Gasteiger partial charge in [-0.2, -0.15) is 0 Å². The van der Waals surface area contributed by atoms with Gasteiger partial charge in [0.2, 0.25) is 5.91 Å². The number of hydrogen-bond acceptors (Lipinski definition) is 3. The van der Waals surface area contributed by atoms with Gasteiger partial charge in [0.15, 0.2) is 0 Å². The molecule has 0 aliphatic heterocycles. The van der Waals surface area contributed by atoms with Crippen LogP contribution in [0.3, 0.4) is 0 Å². The molecule has 1 heterocycles. The maximum absolute atomic E-state index is 13.2. The highest BCUT2D eigenvalue weighted by Crippen LogP contribution is 2.38. The Labute approximate surface area is 179 Å². The van der Waals surface area contributed by atoms with Gasteiger partial charge in [0.05, 0.1) is 17.0 Å². The van der Waals surface area contributed by atoms with Crippen LogP contribution in [0.15, 0.2) is 36.4 Å². The number of carbonyl (C=O) groups excluding carboxylic acids is 2. The van der Waals surface area contributed by atoms with Crippen LogP contribution in [0.4, 0.5) is 0 Å². The normalized spacial score (nSPS) is 12.2. The van der Waals surface area contributed by atoms with Gasteiger partial charge in [-0.1, -0.05) is 30.1 Å². The van der Waals surface area contributed by atoms with Crippen molar-refractivity contribution >= 4 is 45.9 Å². The molecule has 0 saturated heterocycles. The number of halogens is 2. The minimum atomic E-state index is -0.264. The van der Waals surface area contributed by atoms with Crippen molar-refractivity contribution in [3.8, 4) is 5.75 Å². The predicted molar refractivity (Wildman–Crippen MR) is 116 cm³/mol. The first-order valence-corrected chi connectivity index (χ1v) is 10.1. The molecule has 2 N–H and O–H groups in total. The second-order valence-corrected chi connectivity index (χ2v) is 7.87. The smallest absolute Gasteiger partial charge is 0.262 e. The summed E-state index contributed by atoms with van der Waals surface area (Å²) in [6, 6.07) is 9.70. The van der Waals surface area contributed by atoms with Gasteiger partial charge in [-0.25, -0.2) is 0 Å². The van der Waals surface area contributed by atoms with Gasteiger partial charge >= 0.3 is 0 Å². The van der Waals surface area contributed by atoms with Gasteiger partial charge in [0.25, 0.3) is 5.91 Å². The number of carbonyl (C=O) groups is 2. The third-order valence-corrected chi connectivity index (χ3v) is 5.70. The molecular formula is C22H22Cl2N2O3. The number of benzene rings is 2. The summed E-state index contributed by atoms with van der Waals surface area (Å²) in [5.41, 5.74) is 2.21. The Morgan fingerprint density at radius 3 is 2.41 bits per heavy atom. The number of amides is 1. The van der Waals surface area contributed by atoms with Crippen molar-refractivity contribution in [1.29, 1.82) is 0 Å². The Morgan fingerprint density at radius 1 is 1.14 bits per heavy atom. The van der Waals surface area contributed by atoms with E-state index < -0.39 is 0 Å². The molecule has 2 aromatic carbocycles. The van der Waals surface area contributed by atoms with Crippen molar-refractivity contribution in [3.63, 3.8) is 0 Å². The molecule has 152 valence electrons. The van der Waals surface area contributed by atoms with Crippen molar-refractivity contribution in [1.82, 2.24) is 9.88 Å². The van der Waals surface area contributed by atoms with Crippen LogP contribution in [0.2, 0.25) is 10.0 Å². The number of nitrogens with one attached hydrogen (secondary N) is 1. The van der Waals surface area contributed by atoms with Crippen LogP contribution >= 0.6 is 23.2 Å². The first-order chi connectivity index (χ1) is 13.7. The highest BCUT2D eigenvalue weighted by Gasteiger charge is 2.24. The van der Waals surface area contributed by atoms with Crippen LogP contribution in [-0.2, 0) is 11.2 Å². The number of phenolic OH excluding ortho intramolecular Hbond substituents is 1. The zero-order valence-corrected chi connectivity index (χ0v) is 17.9. The maximum Gasteiger partial charge on any atom is 0.262 e. The molecule has 3 rings (SSSR count). The first-order valence-electron chi connectivity index (χ1n) is 9.35. The van der Waals surface area contributed by atoms with Crippen LogP contribution in [0.1, 0.15) is 41.9 Å². The number of fused-ring (bicyclic) bond motifs is 1. The molecule has 1 amide bonds. The molecule has 0 spiro atoms. The lowest BCUT2D eigenvalue weighted by Crippen LogP contribution is -2.33. The third-order valence-electron chi connectivity index (χ3n) is 5.07. The zero-order chi connectivity index (χ0) is 21.3. The third kappa shape index (κ3) is 4.11. The minimum absolute atomic E-state index is 0.0377. The summed E-state index contributed by atoms with van der Waals surface area (Å²) in [5, 5.41) is 14.2. The van der Waals surface area contributed by atoms with Gasteiger partial charge < -0.3 is 10.4 Å². The molecule has 29 heavy (non-hydrogen) atoms. The van der Waals surface area contributed by atoms with Gasteiger partial charge in [-0.15, -0.1) is 0 Å². The molecule has 0 radical (unpaired) electrons. The van der Waals surface area contributed by atoms with Crippen LogP contribution in [0.25, 0.3) is 10.9 Å². The summed E-state index contributed by atoms with van der Waals surface area (Å²) >= 11 is 12.3. The fourth-order valence-corrected chi connectivity index (χ4v) is 3.71. The van der Waals surface area contributed by atoms with E-state index in [1.165, 1.54) is 10.6 Å². The van der Waals surface area contributed by atoms with Crippen LogP contribution < -0.4 is 5.32 Å². The maximum atomic E-state index is 13.2. The van der Waals surface area contributed by atoms with E-state index in [0.29, 0.717) is 32.7 Å². The Kier molecular flexibility index (Phi) is 6.20. The standard InChI is InChI=1S/C22H22Cl2N2O3/c1-4-12(2)25-19(28)11-16-13(3)26(17-9-10-18(27)21(24)20(16)17)22(29)14-5-7-15(23)8-6-14/h5-10,12,27H,4,11H2,1-3H3,(H,25,28). The van der Waals surface area contributed by atoms with E-state index in [4.69, 9.17) is 23.2 Å². The highest BCUT2D eigenvalue weighted by molar-refractivity contribution is 6.37. The summed E-state index contributed by atoms with van der Waals surface area (Å²) in [5.74, 6) is -0.529. The topological polar surface area (TPSA) is 71.3 Å². The second kappa shape index (κ2) is 8.47. The lowest BCUT2D eigenvalue weighted by Gasteiger charge is -2.12. The van der Waals surface area contributed by atoms with E-state index in [0.717, 1.165) is 6.42 Å². The summed E-state index contributed by atoms with van der Waals surface area (Å²) in [7, 11) is 0. The van der Waals surface area contributed by atoms with Crippen LogP contribution in [0, 0.1) is 6.92 Å². The molecule has 0 aliphatic carbocycles. The van der Waals surface area contributed by atoms with E-state index >= 15 is 0 Å². The summed E-state index contributed by atoms with van der Waals surface area (Å²) in [4.78, 5) is 25.8. The van der Waals surface area contributed by atoms with E-state index in [-0.39, 0.29) is 35.0 Å². The Morgan fingerprint density at radius 2 is 1.79 bits per heavy atom. The monoisotopic (exact) mass is 432 g/mol. The largest absolute Gasteiger partial charge is 0.506 e. The van der Waals surface area contributed by atoms with Gasteiger partial charge in [0.1, 0.15) is 5.75 Å². The first kappa shape index (κ1) is 21.2. The fourth-order valence-electron chi connectivity index (χ4n) is 3.31.